The fraction of sp³-hybridized carbons (Fsp3) is 0.0690. The molecule has 10 nitrogen and oxygen atoms in total. The quantitative estimate of drug-likeness (QED) is 0.127. The predicted octanol–water partition coefficient (Wildman–Crippen LogP) is 6.50. The highest BCUT2D eigenvalue weighted by Crippen LogP contribution is 2.26. The minimum absolute atomic E-state index is 0.0320. The first-order valence-electron chi connectivity index (χ1n) is 12.0. The van der Waals surface area contributed by atoms with Gasteiger partial charge in [0.05, 0.1) is 15.4 Å². The third-order valence-corrected chi connectivity index (χ3v) is 6.27. The fourth-order valence-electron chi connectivity index (χ4n) is 4.26. The molecule has 5 rings (SSSR count). The zero-order chi connectivity index (χ0) is 27.4. The Kier molecular flexibility index (Phi) is 7.00. The monoisotopic (exact) mass is 522 g/mol. The molecule has 0 aliphatic rings. The van der Waals surface area contributed by atoms with E-state index >= 15 is 0 Å². The van der Waals surface area contributed by atoms with Crippen molar-refractivity contribution < 1.29 is 14.3 Å². The molecule has 1 aromatic heterocycles. The molecule has 0 saturated carbocycles. The minimum Gasteiger partial charge on any atom is -0.422 e. The zero-order valence-electron chi connectivity index (χ0n) is 20.5. The SMILES string of the molecule is O=c1oc2cc(NCc3ccccc3[N+](=O)[O-])ccc2cc1-c1ccc(NCc2ccccc2[N+](=O)[O-])cc1. The maximum Gasteiger partial charge on any atom is 0.344 e. The van der Waals surface area contributed by atoms with E-state index in [-0.39, 0.29) is 24.5 Å². The van der Waals surface area contributed by atoms with Crippen molar-refractivity contribution in [1.29, 1.82) is 0 Å². The largest absolute Gasteiger partial charge is 0.422 e. The number of benzene rings is 4. The molecule has 0 fully saturated rings. The first kappa shape index (κ1) is 25.2. The fourth-order valence-corrected chi connectivity index (χ4v) is 4.26. The number of nitro groups is 2. The summed E-state index contributed by atoms with van der Waals surface area (Å²) in [5, 5.41) is 29.5. The molecule has 0 unspecified atom stereocenters. The van der Waals surface area contributed by atoms with E-state index in [9.17, 15) is 25.0 Å². The highest BCUT2D eigenvalue weighted by atomic mass is 16.6. The van der Waals surface area contributed by atoms with Crippen molar-refractivity contribution in [2.45, 2.75) is 13.1 Å². The summed E-state index contributed by atoms with van der Waals surface area (Å²) in [6.07, 6.45) is 0. The van der Waals surface area contributed by atoms with E-state index in [0.29, 0.717) is 33.5 Å². The summed E-state index contributed by atoms with van der Waals surface area (Å²) >= 11 is 0. The lowest BCUT2D eigenvalue weighted by Gasteiger charge is -2.09. The summed E-state index contributed by atoms with van der Waals surface area (Å²) in [6, 6.07) is 27.3. The summed E-state index contributed by atoms with van der Waals surface area (Å²) < 4.78 is 5.59. The van der Waals surface area contributed by atoms with Gasteiger partial charge in [-0.25, -0.2) is 4.79 Å². The van der Waals surface area contributed by atoms with Gasteiger partial charge >= 0.3 is 5.63 Å². The topological polar surface area (TPSA) is 141 Å². The van der Waals surface area contributed by atoms with Gasteiger partial charge in [-0.3, -0.25) is 20.2 Å². The van der Waals surface area contributed by atoms with Crippen molar-refractivity contribution in [3.63, 3.8) is 0 Å². The summed E-state index contributed by atoms with van der Waals surface area (Å²) in [5.74, 6) is 0. The van der Waals surface area contributed by atoms with Gasteiger partial charge in [-0.15, -0.1) is 0 Å². The molecule has 0 radical (unpaired) electrons. The summed E-state index contributed by atoms with van der Waals surface area (Å²) in [4.78, 5) is 34.4. The molecule has 4 aromatic carbocycles. The van der Waals surface area contributed by atoms with Gasteiger partial charge in [0.15, 0.2) is 0 Å². The van der Waals surface area contributed by atoms with Gasteiger partial charge in [0.2, 0.25) is 0 Å². The average Bonchev–Trinajstić information content (AvgIpc) is 2.95. The Morgan fingerprint density at radius 3 is 1.79 bits per heavy atom. The number of para-hydroxylation sites is 2. The van der Waals surface area contributed by atoms with Gasteiger partial charge in [-0.05, 0) is 35.9 Å². The lowest BCUT2D eigenvalue weighted by atomic mass is 10.1. The highest BCUT2D eigenvalue weighted by Gasteiger charge is 2.14. The van der Waals surface area contributed by atoms with E-state index in [1.807, 2.05) is 12.1 Å². The maximum absolute atomic E-state index is 12.8. The van der Waals surface area contributed by atoms with Gasteiger partial charge in [0, 0.05) is 59.2 Å². The lowest BCUT2D eigenvalue weighted by molar-refractivity contribution is -0.385. The molecule has 0 spiro atoms. The van der Waals surface area contributed by atoms with Crippen molar-refractivity contribution in [3.05, 3.63) is 139 Å². The summed E-state index contributed by atoms with van der Waals surface area (Å²) in [5.41, 5.74) is 3.55. The molecule has 0 bridgehead atoms. The van der Waals surface area contributed by atoms with Crippen molar-refractivity contribution in [2.75, 3.05) is 10.6 Å². The Bertz CT molecular complexity index is 1750. The van der Waals surface area contributed by atoms with Crippen LogP contribution >= 0.6 is 0 Å². The first-order chi connectivity index (χ1) is 18.9. The van der Waals surface area contributed by atoms with E-state index in [0.717, 1.165) is 11.1 Å². The normalized spacial score (nSPS) is 10.8. The molecule has 194 valence electrons. The smallest absolute Gasteiger partial charge is 0.344 e. The van der Waals surface area contributed by atoms with Gasteiger partial charge in [-0.1, -0.05) is 48.5 Å². The van der Waals surface area contributed by atoms with Crippen LogP contribution < -0.4 is 16.3 Å². The molecule has 5 aromatic rings. The van der Waals surface area contributed by atoms with Crippen LogP contribution in [0.5, 0.6) is 0 Å². The van der Waals surface area contributed by atoms with Crippen LogP contribution in [0.1, 0.15) is 11.1 Å². The van der Waals surface area contributed by atoms with Crippen molar-refractivity contribution in [1.82, 2.24) is 0 Å². The Morgan fingerprint density at radius 1 is 0.667 bits per heavy atom. The Balaban J connectivity index is 1.31. The standard InChI is InChI=1S/C29H22N4O6/c34-29-25(19-9-12-23(13-10-19)30-17-21-5-1-3-7-26(21)32(35)36)15-20-11-14-24(16-28(20)39-29)31-18-22-6-2-4-8-27(22)33(37)38/h1-16,30-31H,17-18H2. The van der Waals surface area contributed by atoms with Crippen LogP contribution in [0.15, 0.2) is 106 Å². The predicted molar refractivity (Wildman–Crippen MR) is 149 cm³/mol. The van der Waals surface area contributed by atoms with Crippen molar-refractivity contribution >= 4 is 33.7 Å². The van der Waals surface area contributed by atoms with Crippen LogP contribution in [-0.2, 0) is 13.1 Å². The molecule has 2 N–H and O–H groups in total. The van der Waals surface area contributed by atoms with Crippen LogP contribution in [0, 0.1) is 20.2 Å². The lowest BCUT2D eigenvalue weighted by Crippen LogP contribution is -2.05. The number of rotatable bonds is 9. The van der Waals surface area contributed by atoms with Gasteiger partial charge in [0.25, 0.3) is 11.4 Å². The number of nitro benzene ring substituents is 2. The number of fused-ring (bicyclic) bond motifs is 1. The second-order valence-corrected chi connectivity index (χ2v) is 8.76. The Hall–Kier alpha value is -5.51. The van der Waals surface area contributed by atoms with Crippen LogP contribution in [0.25, 0.3) is 22.1 Å². The average molecular weight is 523 g/mol. The van der Waals surface area contributed by atoms with E-state index in [4.69, 9.17) is 4.42 Å². The number of anilines is 2. The molecule has 39 heavy (non-hydrogen) atoms. The minimum atomic E-state index is -0.501. The second-order valence-electron chi connectivity index (χ2n) is 8.76. The first-order valence-corrected chi connectivity index (χ1v) is 12.0. The molecular weight excluding hydrogens is 500 g/mol. The van der Waals surface area contributed by atoms with Crippen LogP contribution in [0.3, 0.4) is 0 Å². The zero-order valence-corrected chi connectivity index (χ0v) is 20.5. The molecule has 0 atom stereocenters. The van der Waals surface area contributed by atoms with Gasteiger partial charge in [-0.2, -0.15) is 0 Å². The van der Waals surface area contributed by atoms with E-state index in [1.54, 1.807) is 72.8 Å². The molecular formula is C29H22N4O6. The van der Waals surface area contributed by atoms with Crippen LogP contribution in [0.2, 0.25) is 0 Å². The molecule has 0 amide bonds. The summed E-state index contributed by atoms with van der Waals surface area (Å²) in [7, 11) is 0. The molecule has 0 aliphatic heterocycles. The van der Waals surface area contributed by atoms with Crippen molar-refractivity contribution in [3.8, 4) is 11.1 Å². The molecule has 0 saturated heterocycles. The van der Waals surface area contributed by atoms with Crippen LogP contribution in [-0.4, -0.2) is 9.85 Å². The number of nitrogens with zero attached hydrogens (tertiary/aromatic N) is 2. The third-order valence-electron chi connectivity index (χ3n) is 6.27. The van der Waals surface area contributed by atoms with E-state index < -0.39 is 15.5 Å². The summed E-state index contributed by atoms with van der Waals surface area (Å²) in [6.45, 7) is 0.519. The number of hydrogen-bond donors (Lipinski definition) is 2. The second kappa shape index (κ2) is 10.9. The molecule has 0 aliphatic carbocycles. The van der Waals surface area contributed by atoms with E-state index in [2.05, 4.69) is 10.6 Å². The maximum atomic E-state index is 12.8. The Morgan fingerprint density at radius 2 is 1.21 bits per heavy atom. The van der Waals surface area contributed by atoms with Gasteiger partial charge < -0.3 is 15.1 Å². The Labute approximate surface area is 221 Å². The molecule has 10 heteroatoms. The van der Waals surface area contributed by atoms with Crippen molar-refractivity contribution in [2.24, 2.45) is 0 Å². The number of hydrogen-bond acceptors (Lipinski definition) is 8. The van der Waals surface area contributed by atoms with Gasteiger partial charge in [0.1, 0.15) is 5.58 Å². The number of nitrogens with one attached hydrogen (secondary N) is 2. The highest BCUT2D eigenvalue weighted by molar-refractivity contribution is 5.84. The molecule has 1 heterocycles. The van der Waals surface area contributed by atoms with E-state index in [1.165, 1.54) is 12.1 Å². The van der Waals surface area contributed by atoms with Crippen LogP contribution in [0.4, 0.5) is 22.7 Å². The third kappa shape index (κ3) is 5.59.